The maximum atomic E-state index is 12.6. The Morgan fingerprint density at radius 2 is 1.82 bits per heavy atom. The molecule has 1 aliphatic heterocycles. The molecule has 11 nitrogen and oxygen atoms in total. The number of nitrogens with zero attached hydrogens (tertiary/aromatic N) is 4. The van der Waals surface area contributed by atoms with Crippen LogP contribution in [0, 0.1) is 10.8 Å². The summed E-state index contributed by atoms with van der Waals surface area (Å²) in [7, 11) is 4.69. The summed E-state index contributed by atoms with van der Waals surface area (Å²) in [5.74, 6) is 3.01. The monoisotopic (exact) mass is 520 g/mol. The summed E-state index contributed by atoms with van der Waals surface area (Å²) in [4.78, 5) is 34.4. The molecule has 11 heteroatoms. The molecule has 1 aliphatic rings. The summed E-state index contributed by atoms with van der Waals surface area (Å²) < 4.78 is 16.2. The first kappa shape index (κ1) is 26.6. The van der Waals surface area contributed by atoms with Crippen molar-refractivity contribution in [1.82, 2.24) is 15.3 Å². The van der Waals surface area contributed by atoms with Crippen LogP contribution in [0.25, 0.3) is 0 Å². The number of anilines is 3. The summed E-state index contributed by atoms with van der Waals surface area (Å²) in [5, 5.41) is 9.08. The zero-order valence-corrected chi connectivity index (χ0v) is 21.8. The van der Waals surface area contributed by atoms with Crippen molar-refractivity contribution in [3.05, 3.63) is 59.1 Å². The van der Waals surface area contributed by atoms with Crippen LogP contribution in [0.5, 0.6) is 17.2 Å². The van der Waals surface area contributed by atoms with E-state index in [9.17, 15) is 9.70 Å². The van der Waals surface area contributed by atoms with Gasteiger partial charge in [0.25, 0.3) is 0 Å². The van der Waals surface area contributed by atoms with Crippen LogP contribution in [0.1, 0.15) is 24.8 Å². The van der Waals surface area contributed by atoms with Crippen LogP contribution in [0.2, 0.25) is 0 Å². The molecule has 0 saturated carbocycles. The zero-order valence-electron chi connectivity index (χ0n) is 21.8. The molecule has 1 aromatic heterocycles. The molecule has 1 amide bonds. The quantitative estimate of drug-likeness (QED) is 0.350. The number of nitrogens with one attached hydrogen (secondary N) is 2. The number of aromatic nitrogens is 2. The topological polar surface area (TPSA) is 127 Å². The number of hydrogen-bond donors (Lipinski definition) is 2. The standard InChI is InChI=1S/C27H32N6O5/c1-36-22-14-21(15-23(37-2)26(22)38-3)30-27-28-11-10-24(31-27)33-12-4-5-19(17-33)13-25(34)29-16-18-6-8-20(32-35)9-7-18/h6-11,14-15,19H,4-5,12-13,16-17H2,1-3H3,(H,29,34)(H,28,30,31)/t19-/m1/s1. The van der Waals surface area contributed by atoms with Crippen molar-refractivity contribution in [3.63, 3.8) is 0 Å². The van der Waals surface area contributed by atoms with Gasteiger partial charge >= 0.3 is 0 Å². The van der Waals surface area contributed by atoms with Crippen molar-refractivity contribution in [1.29, 1.82) is 0 Å². The molecular weight excluding hydrogens is 488 g/mol. The second-order valence-corrected chi connectivity index (χ2v) is 8.97. The maximum absolute atomic E-state index is 12.6. The third-order valence-corrected chi connectivity index (χ3v) is 6.41. The number of carbonyl (C=O) groups excluding carboxylic acids is 1. The fourth-order valence-corrected chi connectivity index (χ4v) is 4.52. The molecule has 0 aliphatic carbocycles. The Morgan fingerprint density at radius 3 is 2.47 bits per heavy atom. The van der Waals surface area contributed by atoms with Gasteiger partial charge in [0.15, 0.2) is 11.5 Å². The van der Waals surface area contributed by atoms with Crippen LogP contribution in [-0.4, -0.2) is 50.3 Å². The molecule has 38 heavy (non-hydrogen) atoms. The van der Waals surface area contributed by atoms with Gasteiger partial charge in [-0.05, 0) is 47.7 Å². The lowest BCUT2D eigenvalue weighted by molar-refractivity contribution is -0.122. The molecule has 2 heterocycles. The number of carbonyl (C=O) groups is 1. The summed E-state index contributed by atoms with van der Waals surface area (Å²) in [6.07, 6.45) is 4.10. The minimum Gasteiger partial charge on any atom is -0.493 e. The third kappa shape index (κ3) is 6.67. The van der Waals surface area contributed by atoms with Gasteiger partial charge in [0.2, 0.25) is 17.6 Å². The Hall–Kier alpha value is -4.41. The van der Waals surface area contributed by atoms with Crippen molar-refractivity contribution in [2.24, 2.45) is 11.1 Å². The molecule has 0 radical (unpaired) electrons. The number of piperidine rings is 1. The van der Waals surface area contributed by atoms with Gasteiger partial charge in [-0.3, -0.25) is 4.79 Å². The Balaban J connectivity index is 1.36. The minimum atomic E-state index is 0.00174. The van der Waals surface area contributed by atoms with Crippen molar-refractivity contribution >= 4 is 29.0 Å². The fraction of sp³-hybridized carbons (Fsp3) is 0.370. The normalized spacial score (nSPS) is 14.9. The van der Waals surface area contributed by atoms with Crippen LogP contribution in [0.15, 0.2) is 53.8 Å². The fourth-order valence-electron chi connectivity index (χ4n) is 4.52. The lowest BCUT2D eigenvalue weighted by Crippen LogP contribution is -2.38. The predicted octanol–water partition coefficient (Wildman–Crippen LogP) is 4.57. The average Bonchev–Trinajstić information content (AvgIpc) is 2.96. The van der Waals surface area contributed by atoms with Gasteiger partial charge in [-0.15, -0.1) is 4.91 Å². The highest BCUT2D eigenvalue weighted by atomic mass is 16.5. The number of nitroso groups, excluding NO2 is 1. The number of hydrogen-bond acceptors (Lipinski definition) is 10. The van der Waals surface area contributed by atoms with E-state index < -0.39 is 0 Å². The van der Waals surface area contributed by atoms with E-state index in [0.29, 0.717) is 47.5 Å². The van der Waals surface area contributed by atoms with E-state index in [-0.39, 0.29) is 11.8 Å². The van der Waals surface area contributed by atoms with E-state index >= 15 is 0 Å². The molecule has 4 rings (SSSR count). The van der Waals surface area contributed by atoms with Crippen molar-refractivity contribution in [3.8, 4) is 17.2 Å². The second-order valence-electron chi connectivity index (χ2n) is 8.97. The van der Waals surface area contributed by atoms with E-state index in [1.807, 2.05) is 6.07 Å². The molecule has 0 unspecified atom stereocenters. The molecule has 3 aromatic rings. The van der Waals surface area contributed by atoms with E-state index in [1.54, 1.807) is 63.9 Å². The van der Waals surface area contributed by atoms with Crippen molar-refractivity contribution in [2.75, 3.05) is 44.6 Å². The minimum absolute atomic E-state index is 0.00174. The molecule has 0 spiro atoms. The lowest BCUT2D eigenvalue weighted by atomic mass is 9.94. The van der Waals surface area contributed by atoms with Crippen LogP contribution in [0.3, 0.4) is 0 Å². The smallest absolute Gasteiger partial charge is 0.229 e. The third-order valence-electron chi connectivity index (χ3n) is 6.41. The van der Waals surface area contributed by atoms with Gasteiger partial charge in [-0.1, -0.05) is 12.1 Å². The maximum Gasteiger partial charge on any atom is 0.229 e. The molecule has 2 N–H and O–H groups in total. The number of benzene rings is 2. The van der Waals surface area contributed by atoms with Gasteiger partial charge in [-0.25, -0.2) is 4.98 Å². The largest absolute Gasteiger partial charge is 0.493 e. The van der Waals surface area contributed by atoms with Crippen LogP contribution in [-0.2, 0) is 11.3 Å². The van der Waals surface area contributed by atoms with Crippen LogP contribution >= 0.6 is 0 Å². The SMILES string of the molecule is COc1cc(Nc2nccc(N3CCC[C@H](CC(=O)NCc4ccc(N=O)cc4)C3)n2)cc(OC)c1OC. The Labute approximate surface area is 221 Å². The van der Waals surface area contributed by atoms with E-state index in [2.05, 4.69) is 25.7 Å². The molecule has 200 valence electrons. The van der Waals surface area contributed by atoms with E-state index in [4.69, 9.17) is 19.2 Å². The number of rotatable bonds is 11. The highest BCUT2D eigenvalue weighted by Crippen LogP contribution is 2.40. The lowest BCUT2D eigenvalue weighted by Gasteiger charge is -2.33. The van der Waals surface area contributed by atoms with Gasteiger partial charge in [0.05, 0.1) is 21.3 Å². The van der Waals surface area contributed by atoms with Crippen LogP contribution in [0.4, 0.5) is 23.1 Å². The Bertz CT molecular complexity index is 1230. The molecular formula is C27H32N6O5. The summed E-state index contributed by atoms with van der Waals surface area (Å²) in [5.41, 5.74) is 1.99. The Kier molecular flexibility index (Phi) is 8.91. The molecule has 1 saturated heterocycles. The number of ether oxygens (including phenoxy) is 3. The van der Waals surface area contributed by atoms with Gasteiger partial charge in [0, 0.05) is 50.1 Å². The highest BCUT2D eigenvalue weighted by Gasteiger charge is 2.23. The van der Waals surface area contributed by atoms with Crippen molar-refractivity contribution in [2.45, 2.75) is 25.8 Å². The summed E-state index contributed by atoms with van der Waals surface area (Å²) in [6.45, 7) is 2.00. The predicted molar refractivity (Wildman–Crippen MR) is 145 cm³/mol. The van der Waals surface area contributed by atoms with Gasteiger partial charge < -0.3 is 29.7 Å². The van der Waals surface area contributed by atoms with Gasteiger partial charge in [-0.2, -0.15) is 4.98 Å². The first-order valence-electron chi connectivity index (χ1n) is 12.4. The first-order chi connectivity index (χ1) is 18.5. The summed E-state index contributed by atoms with van der Waals surface area (Å²) in [6, 6.07) is 12.3. The van der Waals surface area contributed by atoms with Crippen LogP contribution < -0.4 is 29.7 Å². The van der Waals surface area contributed by atoms with Crippen molar-refractivity contribution < 1.29 is 19.0 Å². The average molecular weight is 521 g/mol. The first-order valence-corrected chi connectivity index (χ1v) is 12.4. The number of amides is 1. The van der Waals surface area contributed by atoms with E-state index in [0.717, 1.165) is 37.3 Å². The molecule has 2 aromatic carbocycles. The summed E-state index contributed by atoms with van der Waals surface area (Å²) >= 11 is 0. The molecule has 1 fully saturated rings. The number of methoxy groups -OCH3 is 3. The second kappa shape index (κ2) is 12.7. The zero-order chi connectivity index (χ0) is 26.9. The highest BCUT2D eigenvalue weighted by molar-refractivity contribution is 5.76. The Morgan fingerprint density at radius 1 is 1.08 bits per heavy atom. The van der Waals surface area contributed by atoms with Gasteiger partial charge in [0.1, 0.15) is 11.5 Å². The van der Waals surface area contributed by atoms with E-state index in [1.165, 1.54) is 0 Å². The molecule has 1 atom stereocenters. The molecule has 0 bridgehead atoms.